The first-order valence-corrected chi connectivity index (χ1v) is 9.04. The topological polar surface area (TPSA) is 100 Å². The Bertz CT molecular complexity index is 839. The predicted molar refractivity (Wildman–Crippen MR) is 93.0 cm³/mol. The van der Waals surface area contributed by atoms with Crippen LogP contribution in [-0.2, 0) is 17.3 Å². The second-order valence-electron chi connectivity index (χ2n) is 5.46. The van der Waals surface area contributed by atoms with Gasteiger partial charge in [0, 0.05) is 39.5 Å². The molecule has 0 radical (unpaired) electrons. The zero-order valence-corrected chi connectivity index (χ0v) is 15.2. The van der Waals surface area contributed by atoms with E-state index in [1.165, 1.54) is 7.05 Å². The van der Waals surface area contributed by atoms with Crippen LogP contribution in [0.4, 0.5) is 0 Å². The molecule has 0 bridgehead atoms. The number of imidazole rings is 1. The van der Waals surface area contributed by atoms with Crippen LogP contribution < -0.4 is 9.46 Å². The van der Waals surface area contributed by atoms with Crippen LogP contribution in [0.2, 0.25) is 0 Å². The van der Waals surface area contributed by atoms with Gasteiger partial charge in [-0.15, -0.1) is 0 Å². The van der Waals surface area contributed by atoms with Gasteiger partial charge in [-0.25, -0.2) is 4.98 Å². The minimum Gasteiger partial charge on any atom is -0.497 e. The van der Waals surface area contributed by atoms with Crippen molar-refractivity contribution >= 4 is 10.2 Å². The third-order valence-corrected chi connectivity index (χ3v) is 5.32. The molecule has 0 amide bonds. The van der Waals surface area contributed by atoms with Crippen LogP contribution in [0.15, 0.2) is 36.7 Å². The van der Waals surface area contributed by atoms with Gasteiger partial charge in [0.15, 0.2) is 0 Å². The average molecular weight is 363 g/mol. The van der Waals surface area contributed by atoms with E-state index < -0.39 is 16.3 Å². The molecular weight excluding hydrogens is 342 g/mol. The van der Waals surface area contributed by atoms with E-state index in [9.17, 15) is 8.42 Å². The fraction of sp³-hybridized carbons (Fsp3) is 0.375. The summed E-state index contributed by atoms with van der Waals surface area (Å²) < 4.78 is 35.9. The van der Waals surface area contributed by atoms with E-state index in [1.807, 2.05) is 6.07 Å². The van der Waals surface area contributed by atoms with Gasteiger partial charge in [0.1, 0.15) is 17.6 Å². The molecule has 0 fully saturated rings. The van der Waals surface area contributed by atoms with Gasteiger partial charge < -0.3 is 9.30 Å². The van der Waals surface area contributed by atoms with E-state index in [4.69, 9.17) is 10.00 Å². The number of aromatic nitrogens is 2. The summed E-state index contributed by atoms with van der Waals surface area (Å²) in [5.41, 5.74) is 0.729. The molecule has 134 valence electrons. The summed E-state index contributed by atoms with van der Waals surface area (Å²) in [7, 11) is 1.01. The number of aryl methyl sites for hydroxylation is 1. The fourth-order valence-electron chi connectivity index (χ4n) is 2.29. The first-order valence-electron chi connectivity index (χ1n) is 7.60. The first kappa shape index (κ1) is 18.9. The Morgan fingerprint density at radius 3 is 2.60 bits per heavy atom. The number of benzene rings is 1. The summed E-state index contributed by atoms with van der Waals surface area (Å²) in [6.07, 6.45) is 3.48. The van der Waals surface area contributed by atoms with Crippen molar-refractivity contribution in [2.24, 2.45) is 7.05 Å². The highest BCUT2D eigenvalue weighted by atomic mass is 32.2. The van der Waals surface area contributed by atoms with Gasteiger partial charge in [-0.2, -0.15) is 22.7 Å². The summed E-state index contributed by atoms with van der Waals surface area (Å²) in [4.78, 5) is 4.27. The van der Waals surface area contributed by atoms with Gasteiger partial charge in [0.05, 0.1) is 13.2 Å². The highest BCUT2D eigenvalue weighted by Gasteiger charge is 2.27. The van der Waals surface area contributed by atoms with Crippen molar-refractivity contribution in [3.63, 3.8) is 0 Å². The van der Waals surface area contributed by atoms with Gasteiger partial charge >= 0.3 is 0 Å². The van der Waals surface area contributed by atoms with Crippen LogP contribution in [0.1, 0.15) is 23.9 Å². The molecule has 2 rings (SSSR count). The number of nitrogens with one attached hydrogen (secondary N) is 1. The van der Waals surface area contributed by atoms with Gasteiger partial charge in [-0.05, 0) is 17.7 Å². The third kappa shape index (κ3) is 4.57. The Morgan fingerprint density at radius 2 is 2.08 bits per heavy atom. The molecule has 0 aliphatic carbocycles. The first-order chi connectivity index (χ1) is 11.9. The van der Waals surface area contributed by atoms with Crippen molar-refractivity contribution in [3.05, 3.63) is 48.0 Å². The molecule has 1 aromatic carbocycles. The molecule has 1 aromatic heterocycles. The van der Waals surface area contributed by atoms with Crippen LogP contribution >= 0.6 is 0 Å². The molecule has 0 spiro atoms. The maximum Gasteiger partial charge on any atom is 0.280 e. The normalized spacial score (nSPS) is 12.8. The molecule has 9 heteroatoms. The summed E-state index contributed by atoms with van der Waals surface area (Å²) in [6.45, 7) is 0.113. The van der Waals surface area contributed by atoms with Crippen molar-refractivity contribution < 1.29 is 13.2 Å². The average Bonchev–Trinajstić information content (AvgIpc) is 3.03. The zero-order valence-electron chi connectivity index (χ0n) is 14.4. The standard InChI is InChI=1S/C16H21N5O3S/c1-20-12-10-18-16(20)15(13-5-7-14(24-3)8-6-13)19-25(22,23)21(2)11-4-9-17/h5-8,10,12,15,19H,4,11H2,1-3H3/t15-/m0/s1. The Balaban J connectivity index is 2.35. The molecule has 0 saturated carbocycles. The fourth-order valence-corrected chi connectivity index (χ4v) is 3.34. The number of hydrogen-bond donors (Lipinski definition) is 1. The summed E-state index contributed by atoms with van der Waals surface area (Å²) in [5.74, 6) is 1.23. The summed E-state index contributed by atoms with van der Waals surface area (Å²) in [6, 6.07) is 8.38. The number of rotatable bonds is 8. The van der Waals surface area contributed by atoms with E-state index in [2.05, 4.69) is 9.71 Å². The van der Waals surface area contributed by atoms with Crippen molar-refractivity contribution in [2.45, 2.75) is 12.5 Å². The molecule has 0 unspecified atom stereocenters. The molecule has 2 aromatic rings. The predicted octanol–water partition coefficient (Wildman–Crippen LogP) is 1.20. The van der Waals surface area contributed by atoms with Crippen molar-refractivity contribution in [2.75, 3.05) is 20.7 Å². The maximum absolute atomic E-state index is 12.6. The number of ether oxygens (including phenoxy) is 1. The van der Waals surface area contributed by atoms with Crippen LogP contribution in [0.5, 0.6) is 5.75 Å². The molecule has 0 saturated heterocycles. The van der Waals surface area contributed by atoms with Crippen LogP contribution in [-0.4, -0.2) is 43.0 Å². The van der Waals surface area contributed by atoms with E-state index in [0.29, 0.717) is 11.6 Å². The monoisotopic (exact) mass is 363 g/mol. The minimum atomic E-state index is -3.79. The van der Waals surface area contributed by atoms with E-state index >= 15 is 0 Å². The van der Waals surface area contributed by atoms with E-state index in [-0.39, 0.29) is 13.0 Å². The number of hydrogen-bond acceptors (Lipinski definition) is 5. The maximum atomic E-state index is 12.6. The SMILES string of the molecule is COc1ccc([C@H](NS(=O)(=O)N(C)CCC#N)c2nccn2C)cc1. The van der Waals surface area contributed by atoms with Crippen LogP contribution in [0, 0.1) is 11.3 Å². The Hall–Kier alpha value is -2.41. The molecule has 0 aliphatic rings. The summed E-state index contributed by atoms with van der Waals surface area (Å²) >= 11 is 0. The van der Waals surface area contributed by atoms with Gasteiger partial charge in [-0.3, -0.25) is 0 Å². The lowest BCUT2D eigenvalue weighted by Gasteiger charge is -2.23. The number of nitrogens with zero attached hydrogens (tertiary/aromatic N) is 4. The molecule has 1 N–H and O–H groups in total. The highest BCUT2D eigenvalue weighted by molar-refractivity contribution is 7.87. The second kappa shape index (κ2) is 8.11. The van der Waals surface area contributed by atoms with Crippen LogP contribution in [0.3, 0.4) is 0 Å². The van der Waals surface area contributed by atoms with Crippen LogP contribution in [0.25, 0.3) is 0 Å². The lowest BCUT2D eigenvalue weighted by molar-refractivity contribution is 0.414. The largest absolute Gasteiger partial charge is 0.497 e. The zero-order chi connectivity index (χ0) is 18.4. The quantitative estimate of drug-likeness (QED) is 0.759. The van der Waals surface area contributed by atoms with E-state index in [0.717, 1.165) is 9.87 Å². The molecule has 0 aliphatic heterocycles. The molecular formula is C16H21N5O3S. The number of methoxy groups -OCH3 is 1. The summed E-state index contributed by atoms with van der Waals surface area (Å²) in [5, 5.41) is 8.66. The highest BCUT2D eigenvalue weighted by Crippen LogP contribution is 2.24. The van der Waals surface area contributed by atoms with Gasteiger partial charge in [-0.1, -0.05) is 12.1 Å². The third-order valence-electron chi connectivity index (χ3n) is 3.78. The lowest BCUT2D eigenvalue weighted by Crippen LogP contribution is -2.41. The lowest BCUT2D eigenvalue weighted by atomic mass is 10.1. The Morgan fingerprint density at radius 1 is 1.40 bits per heavy atom. The second-order valence-corrected chi connectivity index (χ2v) is 7.26. The van der Waals surface area contributed by atoms with Gasteiger partial charge in [0.25, 0.3) is 10.2 Å². The van der Waals surface area contributed by atoms with Crippen molar-refractivity contribution in [1.82, 2.24) is 18.6 Å². The number of nitriles is 1. The molecule has 25 heavy (non-hydrogen) atoms. The Labute approximate surface area is 147 Å². The van der Waals surface area contributed by atoms with Gasteiger partial charge in [0.2, 0.25) is 0 Å². The minimum absolute atomic E-state index is 0.113. The molecule has 8 nitrogen and oxygen atoms in total. The van der Waals surface area contributed by atoms with E-state index in [1.54, 1.807) is 55.4 Å². The molecule has 1 heterocycles. The molecule has 1 atom stereocenters. The Kier molecular flexibility index (Phi) is 6.14. The van der Waals surface area contributed by atoms with Crippen molar-refractivity contribution in [3.8, 4) is 11.8 Å². The van der Waals surface area contributed by atoms with Crippen molar-refractivity contribution in [1.29, 1.82) is 5.26 Å². The smallest absolute Gasteiger partial charge is 0.280 e.